The molecule has 0 amide bonds. The fourth-order valence-corrected chi connectivity index (χ4v) is 3.99. The maximum atomic E-state index is 13.2. The molecule has 2 aromatic carbocycles. The highest BCUT2D eigenvalue weighted by atomic mass is 32.1. The molecule has 23 heavy (non-hydrogen) atoms. The Hall–Kier alpha value is -2.46. The fraction of sp³-hybridized carbons (Fsp3) is 0.105. The summed E-state index contributed by atoms with van der Waals surface area (Å²) in [6, 6.07) is 16.9. The molecule has 2 heterocycles. The number of nitrogens with zero attached hydrogens (tertiary/aromatic N) is 2. The molecule has 0 spiro atoms. The fourth-order valence-electron chi connectivity index (χ4n) is 2.95. The van der Waals surface area contributed by atoms with Crippen LogP contribution in [-0.2, 0) is 0 Å². The maximum Gasteiger partial charge on any atom is 0.126 e. The van der Waals surface area contributed by atoms with E-state index in [4.69, 9.17) is 4.98 Å². The van der Waals surface area contributed by atoms with Crippen LogP contribution in [0.3, 0.4) is 0 Å². The van der Waals surface area contributed by atoms with Gasteiger partial charge in [-0.25, -0.2) is 9.37 Å². The number of para-hydroxylation sites is 1. The first-order valence-electron chi connectivity index (χ1n) is 7.44. The molecule has 2 nitrogen and oxygen atoms in total. The van der Waals surface area contributed by atoms with E-state index in [1.165, 1.54) is 16.8 Å². The predicted octanol–water partition coefficient (Wildman–Crippen LogP) is 5.51. The molecule has 0 aliphatic heterocycles. The number of fused-ring (bicyclic) bond motifs is 1. The number of thiazole rings is 1. The molecule has 4 heteroatoms. The number of halogens is 1. The van der Waals surface area contributed by atoms with Crippen LogP contribution in [0.1, 0.15) is 11.4 Å². The van der Waals surface area contributed by atoms with Gasteiger partial charge < -0.3 is 4.57 Å². The van der Waals surface area contributed by atoms with Gasteiger partial charge in [0.2, 0.25) is 0 Å². The predicted molar refractivity (Wildman–Crippen MR) is 93.8 cm³/mol. The van der Waals surface area contributed by atoms with Gasteiger partial charge in [-0.2, -0.15) is 0 Å². The summed E-state index contributed by atoms with van der Waals surface area (Å²) in [6.07, 6.45) is 0. The van der Waals surface area contributed by atoms with Crippen LogP contribution in [0.15, 0.2) is 54.6 Å². The molecule has 0 aliphatic rings. The molecule has 0 fully saturated rings. The SMILES string of the molecule is Cc1cc(-c2nc3ccccc3s2)c(C)n1-c1ccc(F)cc1. The summed E-state index contributed by atoms with van der Waals surface area (Å²) in [5.74, 6) is -0.220. The first-order chi connectivity index (χ1) is 11.1. The molecule has 0 radical (unpaired) electrons. The number of hydrogen-bond acceptors (Lipinski definition) is 2. The van der Waals surface area contributed by atoms with E-state index >= 15 is 0 Å². The van der Waals surface area contributed by atoms with Crippen LogP contribution < -0.4 is 0 Å². The smallest absolute Gasteiger partial charge is 0.126 e. The van der Waals surface area contributed by atoms with Crippen LogP contribution >= 0.6 is 11.3 Å². The topological polar surface area (TPSA) is 17.8 Å². The molecule has 0 unspecified atom stereocenters. The molecule has 0 bridgehead atoms. The van der Waals surface area contributed by atoms with E-state index < -0.39 is 0 Å². The van der Waals surface area contributed by atoms with E-state index in [-0.39, 0.29) is 5.82 Å². The van der Waals surface area contributed by atoms with Crippen molar-refractivity contribution < 1.29 is 4.39 Å². The average Bonchev–Trinajstić information content (AvgIpc) is 3.09. The lowest BCUT2D eigenvalue weighted by atomic mass is 10.2. The second-order valence-corrected chi connectivity index (χ2v) is 6.61. The van der Waals surface area contributed by atoms with Crippen molar-refractivity contribution in [3.05, 3.63) is 71.8 Å². The molecule has 0 N–H and O–H groups in total. The lowest BCUT2D eigenvalue weighted by molar-refractivity contribution is 0.627. The summed E-state index contributed by atoms with van der Waals surface area (Å²) in [4.78, 5) is 4.75. The van der Waals surface area contributed by atoms with Gasteiger partial charge in [-0.3, -0.25) is 0 Å². The highest BCUT2D eigenvalue weighted by molar-refractivity contribution is 7.21. The van der Waals surface area contributed by atoms with Crippen LogP contribution in [0.5, 0.6) is 0 Å². The van der Waals surface area contributed by atoms with Crippen LogP contribution in [0.2, 0.25) is 0 Å². The van der Waals surface area contributed by atoms with Crippen molar-refractivity contribution in [3.8, 4) is 16.3 Å². The summed E-state index contributed by atoms with van der Waals surface area (Å²) < 4.78 is 16.5. The van der Waals surface area contributed by atoms with Crippen LogP contribution in [0.25, 0.3) is 26.5 Å². The zero-order chi connectivity index (χ0) is 16.0. The number of rotatable bonds is 2. The Balaban J connectivity index is 1.87. The van der Waals surface area contributed by atoms with Crippen LogP contribution in [-0.4, -0.2) is 9.55 Å². The largest absolute Gasteiger partial charge is 0.318 e. The summed E-state index contributed by atoms with van der Waals surface area (Å²) >= 11 is 1.70. The normalized spacial score (nSPS) is 11.3. The molecule has 4 rings (SSSR count). The minimum Gasteiger partial charge on any atom is -0.318 e. The number of aryl methyl sites for hydroxylation is 1. The van der Waals surface area contributed by atoms with Gasteiger partial charge in [0.05, 0.1) is 10.2 Å². The molecular weight excluding hydrogens is 307 g/mol. The molecule has 0 saturated heterocycles. The van der Waals surface area contributed by atoms with E-state index in [9.17, 15) is 4.39 Å². The van der Waals surface area contributed by atoms with E-state index in [1.54, 1.807) is 23.5 Å². The van der Waals surface area contributed by atoms with Crippen LogP contribution in [0, 0.1) is 19.7 Å². The van der Waals surface area contributed by atoms with E-state index in [0.717, 1.165) is 33.2 Å². The first kappa shape index (κ1) is 14.2. The first-order valence-corrected chi connectivity index (χ1v) is 8.26. The van der Waals surface area contributed by atoms with Gasteiger partial charge in [-0.05, 0) is 56.3 Å². The minimum atomic E-state index is -0.220. The third kappa shape index (κ3) is 2.35. The standard InChI is InChI=1S/C19H15FN2S/c1-12-11-16(19-21-17-5-3-4-6-18(17)23-19)13(2)22(12)15-9-7-14(20)8-10-15/h3-11H,1-2H3. The number of benzene rings is 2. The highest BCUT2D eigenvalue weighted by Crippen LogP contribution is 2.34. The molecular formula is C19H15FN2S. The van der Waals surface area contributed by atoms with E-state index in [2.05, 4.69) is 30.5 Å². The van der Waals surface area contributed by atoms with Gasteiger partial charge >= 0.3 is 0 Å². The lowest BCUT2D eigenvalue weighted by Crippen LogP contribution is -1.98. The Morgan fingerprint density at radius 3 is 2.48 bits per heavy atom. The Bertz CT molecular complexity index is 963. The molecule has 0 aliphatic carbocycles. The number of hydrogen-bond donors (Lipinski definition) is 0. The Morgan fingerprint density at radius 2 is 1.74 bits per heavy atom. The number of aromatic nitrogens is 2. The van der Waals surface area contributed by atoms with Crippen molar-refractivity contribution in [2.24, 2.45) is 0 Å². The van der Waals surface area contributed by atoms with Gasteiger partial charge in [0.1, 0.15) is 10.8 Å². The summed E-state index contributed by atoms with van der Waals surface area (Å²) in [6.45, 7) is 4.14. The van der Waals surface area contributed by atoms with E-state index in [0.29, 0.717) is 0 Å². The monoisotopic (exact) mass is 322 g/mol. The Morgan fingerprint density at radius 1 is 1.00 bits per heavy atom. The molecule has 0 atom stereocenters. The van der Waals surface area contributed by atoms with Gasteiger partial charge in [-0.1, -0.05) is 12.1 Å². The Labute approximate surface area is 137 Å². The van der Waals surface area contributed by atoms with Gasteiger partial charge in [0, 0.05) is 22.6 Å². The van der Waals surface area contributed by atoms with Crippen molar-refractivity contribution in [3.63, 3.8) is 0 Å². The second kappa shape index (κ2) is 5.32. The Kier molecular flexibility index (Phi) is 3.27. The van der Waals surface area contributed by atoms with Crippen molar-refractivity contribution in [2.45, 2.75) is 13.8 Å². The van der Waals surface area contributed by atoms with Crippen molar-refractivity contribution in [1.29, 1.82) is 0 Å². The van der Waals surface area contributed by atoms with Gasteiger partial charge in [0.25, 0.3) is 0 Å². The summed E-state index contributed by atoms with van der Waals surface area (Å²) in [5.41, 5.74) is 5.36. The second-order valence-electron chi connectivity index (χ2n) is 5.58. The average molecular weight is 322 g/mol. The lowest BCUT2D eigenvalue weighted by Gasteiger charge is -2.09. The van der Waals surface area contributed by atoms with Gasteiger partial charge in [-0.15, -0.1) is 11.3 Å². The van der Waals surface area contributed by atoms with Crippen molar-refractivity contribution in [1.82, 2.24) is 9.55 Å². The van der Waals surface area contributed by atoms with E-state index in [1.807, 2.05) is 18.2 Å². The summed E-state index contributed by atoms with van der Waals surface area (Å²) in [5, 5.41) is 1.02. The van der Waals surface area contributed by atoms with Crippen LogP contribution in [0.4, 0.5) is 4.39 Å². The van der Waals surface area contributed by atoms with Crippen molar-refractivity contribution in [2.75, 3.05) is 0 Å². The molecule has 2 aromatic heterocycles. The highest BCUT2D eigenvalue weighted by Gasteiger charge is 2.15. The van der Waals surface area contributed by atoms with Gasteiger partial charge in [0.15, 0.2) is 0 Å². The quantitative estimate of drug-likeness (QED) is 0.476. The zero-order valence-corrected chi connectivity index (χ0v) is 13.7. The zero-order valence-electron chi connectivity index (χ0n) is 12.9. The maximum absolute atomic E-state index is 13.2. The third-order valence-corrected chi connectivity index (χ3v) is 5.11. The molecule has 4 aromatic rings. The molecule has 0 saturated carbocycles. The minimum absolute atomic E-state index is 0.220. The molecule has 114 valence electrons. The summed E-state index contributed by atoms with van der Waals surface area (Å²) in [7, 11) is 0. The van der Waals surface area contributed by atoms with Crippen molar-refractivity contribution >= 4 is 21.6 Å². The third-order valence-electron chi connectivity index (χ3n) is 4.04.